The fourth-order valence-corrected chi connectivity index (χ4v) is 3.40. The Morgan fingerprint density at radius 2 is 1.78 bits per heavy atom. The molecule has 1 fully saturated rings. The summed E-state index contributed by atoms with van der Waals surface area (Å²) in [6, 6.07) is 0.216. The average molecular weight is 347 g/mol. The predicted octanol–water partition coefficient (Wildman–Crippen LogP) is 3.46. The third-order valence-corrected chi connectivity index (χ3v) is 5.55. The SMILES string of the molecule is C[C@H](CC1CCN(C(=O)OC(C)(C)C)CC1)N[S@@+]([O-])C(C)(C)C. The average Bonchev–Trinajstić information content (AvgIpc) is 2.36. The molecule has 0 bridgehead atoms. The highest BCUT2D eigenvalue weighted by Crippen LogP contribution is 2.24. The summed E-state index contributed by atoms with van der Waals surface area (Å²) >= 11 is -1.03. The quantitative estimate of drug-likeness (QED) is 0.792. The normalized spacial score (nSPS) is 20.3. The summed E-state index contributed by atoms with van der Waals surface area (Å²) in [6.07, 6.45) is 2.74. The minimum absolute atomic E-state index is 0.212. The molecule has 0 aromatic rings. The van der Waals surface area contributed by atoms with E-state index in [1.807, 2.05) is 41.5 Å². The van der Waals surface area contributed by atoms with Crippen molar-refractivity contribution in [2.75, 3.05) is 13.1 Å². The molecular formula is C17H34N2O3S. The van der Waals surface area contributed by atoms with Gasteiger partial charge in [-0.25, -0.2) is 4.79 Å². The number of hydrogen-bond donors (Lipinski definition) is 1. The molecule has 1 amide bonds. The zero-order valence-electron chi connectivity index (χ0n) is 15.8. The molecule has 0 spiro atoms. The van der Waals surface area contributed by atoms with Gasteiger partial charge in [0.25, 0.3) is 0 Å². The first-order chi connectivity index (χ1) is 10.4. The van der Waals surface area contributed by atoms with E-state index in [2.05, 4.69) is 11.6 Å². The van der Waals surface area contributed by atoms with E-state index in [4.69, 9.17) is 4.74 Å². The first kappa shape index (κ1) is 20.6. The number of carbonyl (C=O) groups excluding carboxylic acids is 1. The third-order valence-electron chi connectivity index (χ3n) is 3.82. The number of nitrogens with one attached hydrogen (secondary N) is 1. The third kappa shape index (κ3) is 7.77. The summed E-state index contributed by atoms with van der Waals surface area (Å²) in [5.41, 5.74) is -0.441. The van der Waals surface area contributed by atoms with E-state index >= 15 is 0 Å². The Balaban J connectivity index is 2.35. The molecule has 1 heterocycles. The van der Waals surface area contributed by atoms with Crippen LogP contribution in [0.4, 0.5) is 4.79 Å². The smallest absolute Gasteiger partial charge is 0.410 e. The fraction of sp³-hybridized carbons (Fsp3) is 0.941. The summed E-state index contributed by atoms with van der Waals surface area (Å²) in [5, 5.41) is 0. The zero-order valence-corrected chi connectivity index (χ0v) is 16.6. The van der Waals surface area contributed by atoms with Crippen molar-refractivity contribution in [2.24, 2.45) is 5.92 Å². The Kier molecular flexibility index (Phi) is 7.23. The van der Waals surface area contributed by atoms with Crippen LogP contribution in [0, 0.1) is 5.92 Å². The van der Waals surface area contributed by atoms with Gasteiger partial charge in [-0.05, 0) is 73.6 Å². The molecule has 5 nitrogen and oxygen atoms in total. The Morgan fingerprint density at radius 3 is 2.22 bits per heavy atom. The highest BCUT2D eigenvalue weighted by molar-refractivity contribution is 7.90. The maximum Gasteiger partial charge on any atom is 0.410 e. The van der Waals surface area contributed by atoms with E-state index in [-0.39, 0.29) is 16.9 Å². The fourth-order valence-electron chi connectivity index (χ4n) is 2.59. The number of hydrogen-bond acceptors (Lipinski definition) is 4. The molecule has 0 radical (unpaired) electrons. The van der Waals surface area contributed by atoms with Gasteiger partial charge in [0.05, 0.1) is 0 Å². The molecule has 0 saturated carbocycles. The lowest BCUT2D eigenvalue weighted by Crippen LogP contribution is -2.45. The van der Waals surface area contributed by atoms with Gasteiger partial charge in [0, 0.05) is 30.5 Å². The summed E-state index contributed by atoms with van der Waals surface area (Å²) in [5.74, 6) is 0.563. The molecule has 1 aliphatic heterocycles. The van der Waals surface area contributed by atoms with Gasteiger partial charge >= 0.3 is 6.09 Å². The maximum absolute atomic E-state index is 12.1. The van der Waals surface area contributed by atoms with Gasteiger partial charge in [-0.1, -0.05) is 0 Å². The van der Waals surface area contributed by atoms with E-state index in [0.29, 0.717) is 5.92 Å². The van der Waals surface area contributed by atoms with E-state index in [1.165, 1.54) is 0 Å². The van der Waals surface area contributed by atoms with Crippen molar-refractivity contribution in [1.82, 2.24) is 9.62 Å². The second kappa shape index (κ2) is 8.08. The molecule has 1 rings (SSSR count). The van der Waals surface area contributed by atoms with Crippen LogP contribution in [0.5, 0.6) is 0 Å². The van der Waals surface area contributed by atoms with Crippen LogP contribution in [0.1, 0.15) is 67.7 Å². The molecule has 0 unspecified atom stereocenters. The molecule has 0 aromatic heterocycles. The molecule has 136 valence electrons. The highest BCUT2D eigenvalue weighted by atomic mass is 32.2. The first-order valence-corrected chi connectivity index (χ1v) is 9.69. The van der Waals surface area contributed by atoms with Gasteiger partial charge in [-0.15, -0.1) is 4.72 Å². The van der Waals surface area contributed by atoms with Crippen LogP contribution in [0.25, 0.3) is 0 Å². The number of piperidine rings is 1. The molecular weight excluding hydrogens is 312 g/mol. The van der Waals surface area contributed by atoms with E-state index < -0.39 is 17.0 Å². The number of carbonyl (C=O) groups is 1. The maximum atomic E-state index is 12.1. The minimum Gasteiger partial charge on any atom is -0.598 e. The van der Waals surface area contributed by atoms with Crippen molar-refractivity contribution in [1.29, 1.82) is 0 Å². The summed E-state index contributed by atoms with van der Waals surface area (Å²) in [4.78, 5) is 13.8. The molecule has 6 heteroatoms. The number of nitrogens with zero attached hydrogens (tertiary/aromatic N) is 1. The van der Waals surface area contributed by atoms with Gasteiger partial charge in [0.1, 0.15) is 10.3 Å². The Morgan fingerprint density at radius 1 is 1.26 bits per heavy atom. The Labute approximate surface area is 144 Å². The molecule has 0 aromatic carbocycles. The van der Waals surface area contributed by atoms with Crippen molar-refractivity contribution in [2.45, 2.75) is 84.1 Å². The molecule has 0 aliphatic carbocycles. The van der Waals surface area contributed by atoms with Gasteiger partial charge in [-0.2, -0.15) is 0 Å². The molecule has 23 heavy (non-hydrogen) atoms. The number of ether oxygens (including phenoxy) is 1. The lowest BCUT2D eigenvalue weighted by Gasteiger charge is -2.34. The lowest BCUT2D eigenvalue weighted by molar-refractivity contribution is 0.0179. The zero-order chi connectivity index (χ0) is 17.8. The van der Waals surface area contributed by atoms with Crippen LogP contribution >= 0.6 is 0 Å². The monoisotopic (exact) mass is 346 g/mol. The predicted molar refractivity (Wildman–Crippen MR) is 95.6 cm³/mol. The minimum atomic E-state index is -1.03. The summed E-state index contributed by atoms with van der Waals surface area (Å²) in [7, 11) is 0. The van der Waals surface area contributed by atoms with Gasteiger partial charge in [-0.3, -0.25) is 0 Å². The van der Waals surface area contributed by atoms with Gasteiger partial charge in [0.15, 0.2) is 0 Å². The second-order valence-corrected chi connectivity index (χ2v) is 10.5. The molecule has 2 atom stereocenters. The molecule has 1 saturated heterocycles. The van der Waals surface area contributed by atoms with Gasteiger partial charge < -0.3 is 14.2 Å². The number of rotatable bonds is 4. The Bertz CT molecular complexity index is 382. The molecule has 1 aliphatic rings. The van der Waals surface area contributed by atoms with E-state index in [1.54, 1.807) is 4.90 Å². The topological polar surface area (TPSA) is 64.6 Å². The summed E-state index contributed by atoms with van der Waals surface area (Å²) in [6.45, 7) is 15.2. The van der Waals surface area contributed by atoms with Crippen molar-refractivity contribution in [3.8, 4) is 0 Å². The van der Waals surface area contributed by atoms with Crippen molar-refractivity contribution >= 4 is 17.5 Å². The van der Waals surface area contributed by atoms with Crippen LogP contribution < -0.4 is 4.72 Å². The second-order valence-electron chi connectivity index (χ2n) is 8.55. The van der Waals surface area contributed by atoms with Crippen LogP contribution in [0.15, 0.2) is 0 Å². The first-order valence-electron chi connectivity index (χ1n) is 8.54. The van der Waals surface area contributed by atoms with Crippen molar-refractivity contribution in [3.05, 3.63) is 0 Å². The Hall–Kier alpha value is -0.460. The van der Waals surface area contributed by atoms with Crippen molar-refractivity contribution < 1.29 is 14.1 Å². The van der Waals surface area contributed by atoms with Gasteiger partial charge in [0.2, 0.25) is 0 Å². The van der Waals surface area contributed by atoms with Crippen LogP contribution in [0.3, 0.4) is 0 Å². The highest BCUT2D eigenvalue weighted by Gasteiger charge is 2.31. The molecule has 1 N–H and O–H groups in total. The van der Waals surface area contributed by atoms with Crippen LogP contribution in [0.2, 0.25) is 0 Å². The summed E-state index contributed by atoms with van der Waals surface area (Å²) < 4.78 is 20.5. The van der Waals surface area contributed by atoms with Crippen molar-refractivity contribution in [3.63, 3.8) is 0 Å². The largest absolute Gasteiger partial charge is 0.598 e. The van der Waals surface area contributed by atoms with E-state index in [9.17, 15) is 9.35 Å². The number of likely N-dealkylation sites (tertiary alicyclic amines) is 1. The standard InChI is InChI=1S/C17H34N2O3S/c1-13(18-23(21)17(5,6)7)12-14-8-10-19(11-9-14)15(20)22-16(2,3)4/h13-14,18H,8-12H2,1-7H3/t13-,23+/m1/s1. The lowest BCUT2D eigenvalue weighted by atomic mass is 9.91. The number of amides is 1. The van der Waals surface area contributed by atoms with Crippen LogP contribution in [-0.4, -0.2) is 45.0 Å². The van der Waals surface area contributed by atoms with Crippen LogP contribution in [-0.2, 0) is 16.1 Å². The van der Waals surface area contributed by atoms with E-state index in [0.717, 1.165) is 32.4 Å².